The van der Waals surface area contributed by atoms with Crippen LogP contribution in [0.3, 0.4) is 0 Å². The fraction of sp³-hybridized carbons (Fsp3) is 0.846. The molecule has 0 N–H and O–H groups in total. The van der Waals surface area contributed by atoms with E-state index >= 15 is 0 Å². The van der Waals surface area contributed by atoms with Crippen LogP contribution < -0.4 is 0 Å². The van der Waals surface area contributed by atoms with Crippen molar-refractivity contribution in [3.8, 4) is 0 Å². The van der Waals surface area contributed by atoms with Crippen LogP contribution in [0.2, 0.25) is 0 Å². The first-order valence-electron chi connectivity index (χ1n) is 6.55. The molecule has 1 spiro atoms. The van der Waals surface area contributed by atoms with Gasteiger partial charge in [0, 0.05) is 19.5 Å². The molecule has 1 saturated heterocycles. The highest BCUT2D eigenvalue weighted by Gasteiger charge is 2.51. The molecule has 4 nitrogen and oxygen atoms in total. The van der Waals surface area contributed by atoms with Crippen LogP contribution in [0.1, 0.15) is 38.5 Å². The van der Waals surface area contributed by atoms with Gasteiger partial charge in [-0.2, -0.15) is 0 Å². The van der Waals surface area contributed by atoms with Crippen LogP contribution in [0.25, 0.3) is 0 Å². The smallest absolute Gasteiger partial charge is 0.235 e. The Kier molecular flexibility index (Phi) is 3.52. The van der Waals surface area contributed by atoms with Gasteiger partial charge in [0.05, 0.1) is 5.41 Å². The molecular weight excluding hydrogens is 216 g/mol. The molecule has 0 radical (unpaired) electrons. The molecule has 0 atom stereocenters. The van der Waals surface area contributed by atoms with E-state index in [0.717, 1.165) is 32.2 Å². The zero-order valence-electron chi connectivity index (χ0n) is 10.9. The number of hydrogen-bond donors (Lipinski definition) is 0. The molecule has 2 rings (SSSR count). The average Bonchev–Trinajstić information content (AvgIpc) is 2.50. The molecular formula is C13H22N2O2. The van der Waals surface area contributed by atoms with Crippen molar-refractivity contribution in [3.63, 3.8) is 0 Å². The first-order valence-corrected chi connectivity index (χ1v) is 6.55. The van der Waals surface area contributed by atoms with Gasteiger partial charge in [0.25, 0.3) is 0 Å². The zero-order chi connectivity index (χ0) is 12.5. The summed E-state index contributed by atoms with van der Waals surface area (Å²) in [4.78, 5) is 27.8. The van der Waals surface area contributed by atoms with Crippen LogP contribution in [-0.2, 0) is 9.59 Å². The Hall–Kier alpha value is -0.900. The van der Waals surface area contributed by atoms with Crippen molar-refractivity contribution in [1.29, 1.82) is 0 Å². The Labute approximate surface area is 103 Å². The van der Waals surface area contributed by atoms with Crippen molar-refractivity contribution in [3.05, 3.63) is 0 Å². The highest BCUT2D eigenvalue weighted by Crippen LogP contribution is 2.45. The highest BCUT2D eigenvalue weighted by molar-refractivity contribution is 6.05. The first kappa shape index (κ1) is 12.6. The fourth-order valence-corrected chi connectivity index (χ4v) is 3.01. The molecule has 0 aromatic carbocycles. The number of hydrogen-bond acceptors (Lipinski definition) is 3. The monoisotopic (exact) mass is 238 g/mol. The number of nitrogens with zero attached hydrogens (tertiary/aromatic N) is 2. The van der Waals surface area contributed by atoms with Gasteiger partial charge in [0.2, 0.25) is 11.8 Å². The number of likely N-dealkylation sites (N-methyl/N-ethyl adjacent to an activating group) is 1. The maximum Gasteiger partial charge on any atom is 0.235 e. The van der Waals surface area contributed by atoms with Crippen molar-refractivity contribution >= 4 is 11.8 Å². The molecule has 1 aliphatic carbocycles. The van der Waals surface area contributed by atoms with Crippen molar-refractivity contribution in [2.75, 3.05) is 27.2 Å². The lowest BCUT2D eigenvalue weighted by molar-refractivity contribution is -0.142. The van der Waals surface area contributed by atoms with Gasteiger partial charge in [-0.25, -0.2) is 0 Å². The van der Waals surface area contributed by atoms with Crippen molar-refractivity contribution in [2.45, 2.75) is 38.5 Å². The van der Waals surface area contributed by atoms with Crippen molar-refractivity contribution in [2.24, 2.45) is 5.41 Å². The minimum absolute atomic E-state index is 0.0405. The van der Waals surface area contributed by atoms with Crippen molar-refractivity contribution < 1.29 is 9.59 Å². The van der Waals surface area contributed by atoms with Gasteiger partial charge < -0.3 is 4.90 Å². The Morgan fingerprint density at radius 1 is 1.18 bits per heavy atom. The van der Waals surface area contributed by atoms with Crippen LogP contribution in [0.5, 0.6) is 0 Å². The van der Waals surface area contributed by atoms with E-state index in [2.05, 4.69) is 0 Å². The first-order chi connectivity index (χ1) is 8.05. The highest BCUT2D eigenvalue weighted by atomic mass is 16.2. The summed E-state index contributed by atoms with van der Waals surface area (Å²) in [5, 5.41) is 0. The normalized spacial score (nSPS) is 24.1. The van der Waals surface area contributed by atoms with E-state index in [-0.39, 0.29) is 17.2 Å². The van der Waals surface area contributed by atoms with Gasteiger partial charge in [-0.05, 0) is 26.9 Å². The topological polar surface area (TPSA) is 40.6 Å². The second kappa shape index (κ2) is 4.77. The van der Waals surface area contributed by atoms with Gasteiger partial charge >= 0.3 is 0 Å². The molecule has 1 saturated carbocycles. The SMILES string of the molecule is CN(C)CCN1C(=O)CC2(CCCCC2)C1=O. The second-order valence-electron chi connectivity index (χ2n) is 5.67. The number of amides is 2. The van der Waals surface area contributed by atoms with Gasteiger partial charge in [-0.1, -0.05) is 19.3 Å². The molecule has 2 fully saturated rings. The van der Waals surface area contributed by atoms with E-state index in [1.54, 1.807) is 0 Å². The summed E-state index contributed by atoms with van der Waals surface area (Å²) in [5.41, 5.74) is -0.318. The van der Waals surface area contributed by atoms with E-state index in [0.29, 0.717) is 13.0 Å². The van der Waals surface area contributed by atoms with E-state index in [1.165, 1.54) is 11.3 Å². The second-order valence-corrected chi connectivity index (χ2v) is 5.67. The lowest BCUT2D eigenvalue weighted by Crippen LogP contribution is -2.40. The van der Waals surface area contributed by atoms with Crippen LogP contribution in [0, 0.1) is 5.41 Å². The van der Waals surface area contributed by atoms with Gasteiger partial charge in [0.15, 0.2) is 0 Å². The minimum Gasteiger partial charge on any atom is -0.308 e. The summed E-state index contributed by atoms with van der Waals surface area (Å²) in [6.45, 7) is 1.31. The average molecular weight is 238 g/mol. The molecule has 1 heterocycles. The van der Waals surface area contributed by atoms with Crippen LogP contribution in [0.15, 0.2) is 0 Å². The van der Waals surface area contributed by atoms with E-state index < -0.39 is 0 Å². The maximum atomic E-state index is 12.4. The van der Waals surface area contributed by atoms with Crippen LogP contribution in [-0.4, -0.2) is 48.8 Å². The maximum absolute atomic E-state index is 12.4. The largest absolute Gasteiger partial charge is 0.308 e. The molecule has 96 valence electrons. The predicted molar refractivity (Wildman–Crippen MR) is 65.4 cm³/mol. The lowest BCUT2D eigenvalue weighted by atomic mass is 9.73. The zero-order valence-corrected chi connectivity index (χ0v) is 10.9. The molecule has 0 unspecified atom stereocenters. The third-order valence-corrected chi connectivity index (χ3v) is 4.07. The molecule has 4 heteroatoms. The third-order valence-electron chi connectivity index (χ3n) is 4.07. The standard InChI is InChI=1S/C13H22N2O2/c1-14(2)8-9-15-11(16)10-13(12(15)17)6-4-3-5-7-13/h3-10H2,1-2H3. The lowest BCUT2D eigenvalue weighted by Gasteiger charge is -2.30. The van der Waals surface area contributed by atoms with E-state index in [4.69, 9.17) is 0 Å². The number of carbonyl (C=O) groups excluding carboxylic acids is 2. The Balaban J connectivity index is 2.05. The van der Waals surface area contributed by atoms with Gasteiger partial charge in [-0.3, -0.25) is 14.5 Å². The third kappa shape index (κ3) is 2.37. The molecule has 1 aliphatic heterocycles. The van der Waals surface area contributed by atoms with E-state index in [9.17, 15) is 9.59 Å². The Bertz CT molecular complexity index is 319. The van der Waals surface area contributed by atoms with Gasteiger partial charge in [-0.15, -0.1) is 0 Å². The van der Waals surface area contributed by atoms with E-state index in [1.807, 2.05) is 19.0 Å². The number of imide groups is 1. The summed E-state index contributed by atoms with van der Waals surface area (Å²) >= 11 is 0. The number of rotatable bonds is 3. The Morgan fingerprint density at radius 3 is 2.41 bits per heavy atom. The molecule has 0 aromatic heterocycles. The summed E-state index contributed by atoms with van der Waals surface area (Å²) < 4.78 is 0. The predicted octanol–water partition coefficient (Wildman–Crippen LogP) is 1.26. The minimum atomic E-state index is -0.318. The number of carbonyl (C=O) groups is 2. The van der Waals surface area contributed by atoms with Crippen LogP contribution in [0.4, 0.5) is 0 Å². The summed E-state index contributed by atoms with van der Waals surface area (Å²) in [7, 11) is 3.92. The summed E-state index contributed by atoms with van der Waals surface area (Å²) in [5.74, 6) is 0.141. The molecule has 2 aliphatic rings. The molecule has 0 bridgehead atoms. The molecule has 17 heavy (non-hydrogen) atoms. The fourth-order valence-electron chi connectivity index (χ4n) is 3.01. The molecule has 2 amide bonds. The van der Waals surface area contributed by atoms with Crippen molar-refractivity contribution in [1.82, 2.24) is 9.80 Å². The molecule has 0 aromatic rings. The summed E-state index contributed by atoms with van der Waals surface area (Å²) in [6, 6.07) is 0. The Morgan fingerprint density at radius 2 is 1.82 bits per heavy atom. The van der Waals surface area contributed by atoms with Gasteiger partial charge in [0.1, 0.15) is 0 Å². The van der Waals surface area contributed by atoms with Crippen LogP contribution >= 0.6 is 0 Å². The quantitative estimate of drug-likeness (QED) is 0.695. The number of likely N-dealkylation sites (tertiary alicyclic amines) is 1. The summed E-state index contributed by atoms with van der Waals surface area (Å²) in [6.07, 6.45) is 5.69.